The van der Waals surface area contributed by atoms with Crippen LogP contribution in [-0.2, 0) is 0 Å². The molecule has 7 heteroatoms. The van der Waals surface area contributed by atoms with Crippen LogP contribution in [0.3, 0.4) is 0 Å². The first kappa shape index (κ1) is 13.8. The van der Waals surface area contributed by atoms with Gasteiger partial charge in [0.2, 0.25) is 0 Å². The van der Waals surface area contributed by atoms with E-state index in [0.29, 0.717) is 10.6 Å². The third kappa shape index (κ3) is 1.86. The van der Waals surface area contributed by atoms with E-state index in [4.69, 9.17) is 0 Å². The molecule has 114 valence electrons. The number of thiazole rings is 1. The number of aromatic nitrogens is 2. The van der Waals surface area contributed by atoms with Gasteiger partial charge >= 0.3 is 0 Å². The van der Waals surface area contributed by atoms with Crippen molar-refractivity contribution < 1.29 is 9.59 Å². The second kappa shape index (κ2) is 4.60. The molecule has 3 heterocycles. The molecule has 2 aromatic heterocycles. The number of anilines is 1. The molecule has 0 saturated heterocycles. The Hall–Kier alpha value is -2.80. The number of hydrogen-bond donors (Lipinski definition) is 0. The number of carbonyl (C=O) groups excluding carboxylic acids is 2. The van der Waals surface area contributed by atoms with Gasteiger partial charge in [0.1, 0.15) is 10.6 Å². The molecule has 0 unspecified atom stereocenters. The monoisotopic (exact) mass is 325 g/mol. The van der Waals surface area contributed by atoms with Crippen molar-refractivity contribution in [1.82, 2.24) is 9.38 Å². The highest BCUT2D eigenvalue weighted by molar-refractivity contribution is 7.19. The summed E-state index contributed by atoms with van der Waals surface area (Å²) in [5, 5.41) is 0. The van der Waals surface area contributed by atoms with Gasteiger partial charge in [-0.05, 0) is 37.1 Å². The number of benzene rings is 1. The van der Waals surface area contributed by atoms with Gasteiger partial charge in [0.25, 0.3) is 17.4 Å². The fourth-order valence-electron chi connectivity index (χ4n) is 2.86. The second-order valence-electron chi connectivity index (χ2n) is 5.47. The van der Waals surface area contributed by atoms with Crippen molar-refractivity contribution in [3.8, 4) is 0 Å². The van der Waals surface area contributed by atoms with Crippen molar-refractivity contribution in [1.29, 1.82) is 0 Å². The Morgan fingerprint density at radius 1 is 1.00 bits per heavy atom. The molecule has 2 amide bonds. The molecule has 0 bridgehead atoms. The van der Waals surface area contributed by atoms with Gasteiger partial charge in [0, 0.05) is 12.3 Å². The number of rotatable bonds is 1. The molecule has 0 spiro atoms. The smallest absolute Gasteiger partial charge is 0.269 e. The summed E-state index contributed by atoms with van der Waals surface area (Å²) >= 11 is 1.06. The Kier molecular flexibility index (Phi) is 2.76. The number of nitrogens with zero attached hydrogens (tertiary/aromatic N) is 3. The van der Waals surface area contributed by atoms with E-state index in [-0.39, 0.29) is 16.1 Å². The molecule has 6 nitrogen and oxygen atoms in total. The van der Waals surface area contributed by atoms with E-state index in [2.05, 4.69) is 4.98 Å². The summed E-state index contributed by atoms with van der Waals surface area (Å²) in [5.74, 6) is -0.902. The summed E-state index contributed by atoms with van der Waals surface area (Å²) in [5.41, 5.74) is 2.17. The van der Waals surface area contributed by atoms with Crippen molar-refractivity contribution in [2.75, 3.05) is 4.90 Å². The van der Waals surface area contributed by atoms with Crippen molar-refractivity contribution in [3.63, 3.8) is 0 Å². The molecule has 0 saturated carbocycles. The number of amides is 2. The van der Waals surface area contributed by atoms with Gasteiger partial charge in [0.05, 0.1) is 5.69 Å². The number of hydrogen-bond acceptors (Lipinski definition) is 5. The standard InChI is InChI=1S/C16H11N3O3S/c1-8-5-9(2)7-10(6-8)18-14(21)12-13(15(18)22)23-16-17-4-3-11(20)19(12)16/h3-7H,1-2H3. The lowest BCUT2D eigenvalue weighted by atomic mass is 10.1. The summed E-state index contributed by atoms with van der Waals surface area (Å²) in [6.07, 6.45) is 1.37. The zero-order chi connectivity index (χ0) is 16.3. The average Bonchev–Trinajstić information content (AvgIpc) is 2.96. The van der Waals surface area contributed by atoms with Gasteiger partial charge in [-0.15, -0.1) is 0 Å². The van der Waals surface area contributed by atoms with E-state index in [1.54, 1.807) is 12.1 Å². The Morgan fingerprint density at radius 3 is 2.39 bits per heavy atom. The first-order valence-corrected chi connectivity index (χ1v) is 7.76. The van der Waals surface area contributed by atoms with Crippen molar-refractivity contribution in [3.05, 3.63) is 62.5 Å². The second-order valence-corrected chi connectivity index (χ2v) is 6.45. The third-order valence-electron chi connectivity index (χ3n) is 3.71. The van der Waals surface area contributed by atoms with Gasteiger partial charge in [-0.25, -0.2) is 14.3 Å². The SMILES string of the molecule is Cc1cc(C)cc(N2C(=O)c3sc4nccc(=O)n4c3C2=O)c1. The van der Waals surface area contributed by atoms with E-state index < -0.39 is 11.8 Å². The highest BCUT2D eigenvalue weighted by Crippen LogP contribution is 2.33. The first-order chi connectivity index (χ1) is 11.0. The van der Waals surface area contributed by atoms with Crippen LogP contribution in [0.25, 0.3) is 4.96 Å². The first-order valence-electron chi connectivity index (χ1n) is 6.95. The van der Waals surface area contributed by atoms with Gasteiger partial charge in [-0.3, -0.25) is 14.4 Å². The van der Waals surface area contributed by atoms with E-state index >= 15 is 0 Å². The van der Waals surface area contributed by atoms with Crippen LogP contribution in [0.2, 0.25) is 0 Å². The summed E-state index contributed by atoms with van der Waals surface area (Å²) < 4.78 is 1.21. The lowest BCUT2D eigenvalue weighted by Crippen LogP contribution is -2.31. The van der Waals surface area contributed by atoms with Crippen LogP contribution in [0.1, 0.15) is 31.3 Å². The maximum absolute atomic E-state index is 12.8. The number of aryl methyl sites for hydroxylation is 2. The fraction of sp³-hybridized carbons (Fsp3) is 0.125. The highest BCUT2D eigenvalue weighted by Gasteiger charge is 2.41. The van der Waals surface area contributed by atoms with E-state index in [1.807, 2.05) is 19.9 Å². The predicted molar refractivity (Wildman–Crippen MR) is 86.4 cm³/mol. The van der Waals surface area contributed by atoms with Gasteiger partial charge in [-0.2, -0.15) is 0 Å². The minimum Gasteiger partial charge on any atom is -0.269 e. The average molecular weight is 325 g/mol. The maximum atomic E-state index is 12.8. The van der Waals surface area contributed by atoms with Gasteiger partial charge in [-0.1, -0.05) is 17.4 Å². The molecule has 3 aromatic rings. The molecular weight excluding hydrogens is 314 g/mol. The normalized spacial score (nSPS) is 13.9. The largest absolute Gasteiger partial charge is 0.284 e. The Bertz CT molecular complexity index is 1040. The van der Waals surface area contributed by atoms with Crippen molar-refractivity contribution in [2.45, 2.75) is 13.8 Å². The quantitative estimate of drug-likeness (QED) is 0.643. The topological polar surface area (TPSA) is 71.8 Å². The van der Waals surface area contributed by atoms with E-state index in [1.165, 1.54) is 16.7 Å². The molecule has 1 aliphatic heterocycles. The molecule has 0 atom stereocenters. The lowest BCUT2D eigenvalue weighted by molar-refractivity contribution is 0.0925. The number of fused-ring (bicyclic) bond motifs is 3. The van der Waals surface area contributed by atoms with E-state index in [0.717, 1.165) is 27.4 Å². The van der Waals surface area contributed by atoms with Gasteiger partial charge < -0.3 is 0 Å². The van der Waals surface area contributed by atoms with Crippen LogP contribution in [0.4, 0.5) is 5.69 Å². The Labute approximate surface area is 134 Å². The maximum Gasteiger partial charge on any atom is 0.284 e. The Balaban J connectivity index is 1.95. The molecule has 0 fully saturated rings. The van der Waals surface area contributed by atoms with Crippen LogP contribution in [0.5, 0.6) is 0 Å². The lowest BCUT2D eigenvalue weighted by Gasteiger charge is -2.15. The van der Waals surface area contributed by atoms with Crippen LogP contribution < -0.4 is 10.5 Å². The minimum absolute atomic E-state index is 0.104. The van der Waals surface area contributed by atoms with E-state index in [9.17, 15) is 14.4 Å². The molecule has 1 aliphatic rings. The number of carbonyl (C=O) groups is 2. The van der Waals surface area contributed by atoms with Crippen LogP contribution in [-0.4, -0.2) is 21.2 Å². The summed E-state index contributed by atoms with van der Waals surface area (Å²) in [4.78, 5) is 43.3. The fourth-order valence-corrected chi connectivity index (χ4v) is 3.88. The third-order valence-corrected chi connectivity index (χ3v) is 4.76. The molecule has 0 aliphatic carbocycles. The van der Waals surface area contributed by atoms with Crippen LogP contribution >= 0.6 is 11.3 Å². The minimum atomic E-state index is -0.489. The summed E-state index contributed by atoms with van der Waals surface area (Å²) in [7, 11) is 0. The van der Waals surface area contributed by atoms with Crippen molar-refractivity contribution >= 4 is 33.8 Å². The molecular formula is C16H11N3O3S. The highest BCUT2D eigenvalue weighted by atomic mass is 32.1. The molecule has 0 N–H and O–H groups in total. The molecule has 1 aromatic carbocycles. The molecule has 0 radical (unpaired) electrons. The molecule has 4 rings (SSSR count). The summed E-state index contributed by atoms with van der Waals surface area (Å²) in [6.45, 7) is 3.81. The zero-order valence-electron chi connectivity index (χ0n) is 12.4. The molecule has 23 heavy (non-hydrogen) atoms. The predicted octanol–water partition coefficient (Wildman–Crippen LogP) is 2.17. The van der Waals surface area contributed by atoms with Gasteiger partial charge in [0.15, 0.2) is 4.96 Å². The van der Waals surface area contributed by atoms with Crippen LogP contribution in [0, 0.1) is 13.8 Å². The Morgan fingerprint density at radius 2 is 1.70 bits per heavy atom. The number of imide groups is 1. The van der Waals surface area contributed by atoms with Crippen molar-refractivity contribution in [2.24, 2.45) is 0 Å². The van der Waals surface area contributed by atoms with Crippen LogP contribution in [0.15, 0.2) is 35.3 Å². The summed E-state index contributed by atoms with van der Waals surface area (Å²) in [6, 6.07) is 6.80. The zero-order valence-corrected chi connectivity index (χ0v) is 13.2.